The predicted octanol–water partition coefficient (Wildman–Crippen LogP) is 4.70. The highest BCUT2D eigenvalue weighted by Gasteiger charge is 2.23. The Hall–Kier alpha value is -3.44. The summed E-state index contributed by atoms with van der Waals surface area (Å²) in [4.78, 5) is 26.0. The van der Waals surface area contributed by atoms with E-state index in [1.54, 1.807) is 5.38 Å². The first-order chi connectivity index (χ1) is 17.1. The molecule has 194 valence electrons. The van der Waals surface area contributed by atoms with E-state index in [9.17, 15) is 4.79 Å². The van der Waals surface area contributed by atoms with Crippen LogP contribution in [0.5, 0.6) is 22.7 Å². The van der Waals surface area contributed by atoms with Gasteiger partial charge in [0, 0.05) is 30.1 Å². The molecule has 3 rings (SSSR count). The quantitative estimate of drug-likeness (QED) is 0.313. The van der Waals surface area contributed by atoms with E-state index in [1.165, 1.54) is 25.6 Å². The average Bonchev–Trinajstić information content (AvgIpc) is 3.30. The number of nitrogens with zero attached hydrogens (tertiary/aromatic N) is 3. The monoisotopic (exact) mass is 514 g/mol. The van der Waals surface area contributed by atoms with Crippen LogP contribution >= 0.6 is 11.3 Å². The van der Waals surface area contributed by atoms with E-state index in [0.29, 0.717) is 29.5 Å². The molecule has 2 heterocycles. The minimum atomic E-state index is -0.466. The summed E-state index contributed by atoms with van der Waals surface area (Å²) in [7, 11) is 2.92. The molecule has 0 spiro atoms. The maximum absolute atomic E-state index is 13.0. The second kappa shape index (κ2) is 12.0. The summed E-state index contributed by atoms with van der Waals surface area (Å²) < 4.78 is 16.8. The van der Waals surface area contributed by atoms with E-state index in [0.717, 1.165) is 12.1 Å². The van der Waals surface area contributed by atoms with Crippen LogP contribution in [0.2, 0.25) is 0 Å². The van der Waals surface area contributed by atoms with Gasteiger partial charge in [0.05, 0.1) is 14.2 Å². The third-order valence-corrected chi connectivity index (χ3v) is 5.75. The molecule has 0 atom stereocenters. The number of thiazole rings is 1. The zero-order valence-corrected chi connectivity index (χ0v) is 22.6. The zero-order chi connectivity index (χ0) is 26.3. The molecule has 3 N–H and O–H groups in total. The lowest BCUT2D eigenvalue weighted by molar-refractivity contribution is 0.102. The lowest BCUT2D eigenvalue weighted by Crippen LogP contribution is -2.28. The number of para-hydroxylation sites is 1. The van der Waals surface area contributed by atoms with Gasteiger partial charge in [-0.3, -0.25) is 4.79 Å². The Kier molecular flexibility index (Phi) is 9.05. The number of anilines is 2. The predicted molar refractivity (Wildman–Crippen MR) is 142 cm³/mol. The SMILES string of the molecule is COc1nc(NCCNC(C)C)nc(OC)c1NC(=O)c1csc(Oc2ccccc2C(C)(C)C)n1. The van der Waals surface area contributed by atoms with Crippen molar-refractivity contribution in [3.8, 4) is 22.7 Å². The van der Waals surface area contributed by atoms with Gasteiger partial charge in [0.15, 0.2) is 5.69 Å². The molecule has 1 aromatic carbocycles. The number of hydrogen-bond acceptors (Lipinski definition) is 10. The van der Waals surface area contributed by atoms with Gasteiger partial charge >= 0.3 is 0 Å². The smallest absolute Gasteiger partial charge is 0.279 e. The number of benzene rings is 1. The second-order valence-electron chi connectivity index (χ2n) is 9.28. The fourth-order valence-electron chi connectivity index (χ4n) is 3.29. The maximum Gasteiger partial charge on any atom is 0.279 e. The van der Waals surface area contributed by atoms with Crippen LogP contribution in [-0.2, 0) is 5.41 Å². The number of nitrogens with one attached hydrogen (secondary N) is 3. The van der Waals surface area contributed by atoms with Crippen LogP contribution < -0.4 is 30.2 Å². The lowest BCUT2D eigenvalue weighted by atomic mass is 9.86. The van der Waals surface area contributed by atoms with Crippen LogP contribution in [0, 0.1) is 0 Å². The summed E-state index contributed by atoms with van der Waals surface area (Å²) in [5, 5.41) is 11.2. The molecule has 10 nitrogen and oxygen atoms in total. The molecule has 2 aromatic heterocycles. The Bertz CT molecular complexity index is 1150. The molecule has 0 aliphatic heterocycles. The Morgan fingerprint density at radius 2 is 1.69 bits per heavy atom. The molecule has 0 fully saturated rings. The number of carbonyl (C=O) groups is 1. The molecule has 0 radical (unpaired) electrons. The van der Waals surface area contributed by atoms with Gasteiger partial charge in [0.2, 0.25) is 17.7 Å². The van der Waals surface area contributed by atoms with Crippen LogP contribution in [0.3, 0.4) is 0 Å². The van der Waals surface area contributed by atoms with Gasteiger partial charge in [-0.2, -0.15) is 15.0 Å². The highest BCUT2D eigenvalue weighted by molar-refractivity contribution is 7.11. The highest BCUT2D eigenvalue weighted by atomic mass is 32.1. The van der Waals surface area contributed by atoms with Crippen LogP contribution in [0.15, 0.2) is 29.6 Å². The maximum atomic E-state index is 13.0. The van der Waals surface area contributed by atoms with Crippen molar-refractivity contribution >= 4 is 28.9 Å². The topological polar surface area (TPSA) is 120 Å². The van der Waals surface area contributed by atoms with Gasteiger partial charge in [-0.1, -0.05) is 64.2 Å². The van der Waals surface area contributed by atoms with Crippen molar-refractivity contribution in [2.75, 3.05) is 37.9 Å². The number of ether oxygens (including phenoxy) is 3. The highest BCUT2D eigenvalue weighted by Crippen LogP contribution is 2.36. The van der Waals surface area contributed by atoms with E-state index >= 15 is 0 Å². The number of hydrogen-bond donors (Lipinski definition) is 3. The normalized spacial score (nSPS) is 11.3. The fourth-order valence-corrected chi connectivity index (χ4v) is 3.95. The van der Waals surface area contributed by atoms with Gasteiger partial charge in [-0.25, -0.2) is 0 Å². The minimum Gasteiger partial charge on any atom is -0.479 e. The van der Waals surface area contributed by atoms with Crippen molar-refractivity contribution in [1.29, 1.82) is 0 Å². The van der Waals surface area contributed by atoms with Gasteiger partial charge < -0.3 is 30.2 Å². The number of aromatic nitrogens is 3. The Labute approximate surface area is 215 Å². The third-order valence-electron chi connectivity index (χ3n) is 5.04. The molecule has 36 heavy (non-hydrogen) atoms. The number of rotatable bonds is 11. The lowest BCUT2D eigenvalue weighted by Gasteiger charge is -2.21. The molecule has 11 heteroatoms. The summed E-state index contributed by atoms with van der Waals surface area (Å²) in [6.45, 7) is 11.8. The van der Waals surface area contributed by atoms with Gasteiger partial charge in [-0.15, -0.1) is 0 Å². The zero-order valence-electron chi connectivity index (χ0n) is 21.8. The first-order valence-corrected chi connectivity index (χ1v) is 12.5. The minimum absolute atomic E-state index is 0.104. The number of amides is 1. The van der Waals surface area contributed by atoms with E-state index < -0.39 is 5.91 Å². The van der Waals surface area contributed by atoms with E-state index in [2.05, 4.69) is 65.5 Å². The Morgan fingerprint density at radius 1 is 1.03 bits per heavy atom. The summed E-state index contributed by atoms with van der Waals surface area (Å²) in [5.74, 6) is 0.900. The summed E-state index contributed by atoms with van der Waals surface area (Å²) in [6, 6.07) is 8.17. The average molecular weight is 515 g/mol. The van der Waals surface area contributed by atoms with Crippen molar-refractivity contribution in [3.05, 3.63) is 40.9 Å². The molecule has 0 saturated heterocycles. The molecule has 0 bridgehead atoms. The van der Waals surface area contributed by atoms with E-state index in [1.807, 2.05) is 24.3 Å². The van der Waals surface area contributed by atoms with Crippen molar-refractivity contribution in [2.24, 2.45) is 0 Å². The van der Waals surface area contributed by atoms with Gasteiger partial charge in [-0.05, 0) is 11.5 Å². The largest absolute Gasteiger partial charge is 0.479 e. The van der Waals surface area contributed by atoms with Crippen molar-refractivity contribution < 1.29 is 19.0 Å². The van der Waals surface area contributed by atoms with Crippen LogP contribution in [0.25, 0.3) is 0 Å². The summed E-state index contributed by atoms with van der Waals surface area (Å²) >= 11 is 1.23. The van der Waals surface area contributed by atoms with Crippen molar-refractivity contribution in [1.82, 2.24) is 20.3 Å². The summed E-state index contributed by atoms with van der Waals surface area (Å²) in [5.41, 5.74) is 1.35. The molecule has 1 amide bonds. The molecule has 0 saturated carbocycles. The molecule has 0 aliphatic rings. The van der Waals surface area contributed by atoms with E-state index in [-0.39, 0.29) is 28.6 Å². The number of methoxy groups -OCH3 is 2. The second-order valence-corrected chi connectivity index (χ2v) is 10.1. The number of carbonyl (C=O) groups excluding carboxylic acids is 1. The molecular formula is C25H34N6O4S. The fraction of sp³-hybridized carbons (Fsp3) is 0.440. The van der Waals surface area contributed by atoms with Crippen LogP contribution in [0.4, 0.5) is 11.6 Å². The first-order valence-electron chi connectivity index (χ1n) is 11.6. The van der Waals surface area contributed by atoms with Gasteiger partial charge in [0.25, 0.3) is 11.1 Å². The van der Waals surface area contributed by atoms with Crippen LogP contribution in [0.1, 0.15) is 50.7 Å². The van der Waals surface area contributed by atoms with Crippen molar-refractivity contribution in [2.45, 2.75) is 46.1 Å². The Morgan fingerprint density at radius 3 is 2.31 bits per heavy atom. The molecule has 3 aromatic rings. The van der Waals surface area contributed by atoms with Crippen LogP contribution in [-0.4, -0.2) is 54.2 Å². The molecule has 0 unspecified atom stereocenters. The standard InChI is InChI=1S/C25H34N6O4S/c1-15(2)26-12-13-27-23-30-21(33-6)19(22(31-23)34-7)29-20(32)17-14-36-24(28-17)35-18-11-9-8-10-16(18)25(3,4)5/h8-11,14-15,26H,12-13H2,1-7H3,(H,29,32)(H,27,30,31). The summed E-state index contributed by atoms with van der Waals surface area (Å²) in [6.07, 6.45) is 0. The van der Waals surface area contributed by atoms with Gasteiger partial charge in [0.1, 0.15) is 11.4 Å². The van der Waals surface area contributed by atoms with E-state index in [4.69, 9.17) is 14.2 Å². The first kappa shape index (κ1) is 27.2. The van der Waals surface area contributed by atoms with Crippen molar-refractivity contribution in [3.63, 3.8) is 0 Å². The Balaban J connectivity index is 1.74. The molecular weight excluding hydrogens is 480 g/mol. The molecule has 0 aliphatic carbocycles. The third kappa shape index (κ3) is 7.05.